The second-order valence-electron chi connectivity index (χ2n) is 4.78. The van der Waals surface area contributed by atoms with Gasteiger partial charge in [0.15, 0.2) is 0 Å². The molecule has 104 valence electrons. The Kier molecular flexibility index (Phi) is 11.3. The minimum Gasteiger partial charge on any atom is -0.394 e. The van der Waals surface area contributed by atoms with E-state index in [4.69, 9.17) is 14.6 Å². The Bertz CT molecular complexity index is 141. The van der Waals surface area contributed by atoms with Crippen molar-refractivity contribution in [2.75, 3.05) is 19.8 Å². The second-order valence-corrected chi connectivity index (χ2v) is 8.13. The minimum atomic E-state index is -1.92. The van der Waals surface area contributed by atoms with Crippen molar-refractivity contribution in [1.29, 1.82) is 0 Å². The lowest BCUT2D eigenvalue weighted by molar-refractivity contribution is 0.168. The van der Waals surface area contributed by atoms with Crippen molar-refractivity contribution in [2.45, 2.75) is 65.0 Å². The predicted octanol–water partition coefficient (Wildman–Crippen LogP) is 3.43. The highest BCUT2D eigenvalue weighted by molar-refractivity contribution is 6.66. The van der Waals surface area contributed by atoms with Gasteiger partial charge in [-0.15, -0.1) is 0 Å². The van der Waals surface area contributed by atoms with Gasteiger partial charge in [0, 0.05) is 13.2 Å². The molecule has 0 bridgehead atoms. The number of hydrogen-bond donors (Lipinski definition) is 1. The van der Waals surface area contributed by atoms with Crippen LogP contribution in [0.4, 0.5) is 0 Å². The fourth-order valence-electron chi connectivity index (χ4n) is 1.64. The molecule has 2 N–H and O–H groups in total. The number of nitrogens with two attached hydrogens (primary N) is 1. The lowest BCUT2D eigenvalue weighted by Gasteiger charge is -2.27. The van der Waals surface area contributed by atoms with Crippen LogP contribution in [0.25, 0.3) is 0 Å². The smallest absolute Gasteiger partial charge is 0.334 e. The van der Waals surface area contributed by atoms with Gasteiger partial charge in [0.1, 0.15) is 0 Å². The van der Waals surface area contributed by atoms with Crippen molar-refractivity contribution in [3.63, 3.8) is 0 Å². The lowest BCUT2D eigenvalue weighted by atomic mass is 10.3. The van der Waals surface area contributed by atoms with Crippen LogP contribution in [0.5, 0.6) is 0 Å². The number of hydrogen-bond acceptors (Lipinski definition) is 3. The Morgan fingerprint density at radius 1 is 0.882 bits per heavy atom. The Balaban J connectivity index is 3.95. The molecule has 0 spiro atoms. The summed E-state index contributed by atoms with van der Waals surface area (Å²) in [5.41, 5.74) is 5.53. The van der Waals surface area contributed by atoms with Gasteiger partial charge in [-0.2, -0.15) is 0 Å². The maximum absolute atomic E-state index is 6.04. The SMILES string of the molecule is CCCCO[Si](C)(CCCCN)OCCCC. The van der Waals surface area contributed by atoms with Gasteiger partial charge in [-0.25, -0.2) is 0 Å². The van der Waals surface area contributed by atoms with Crippen molar-refractivity contribution >= 4 is 8.56 Å². The highest BCUT2D eigenvalue weighted by atomic mass is 28.4. The first-order valence-electron chi connectivity index (χ1n) is 7.16. The minimum absolute atomic E-state index is 0.772. The van der Waals surface area contributed by atoms with Crippen LogP contribution in [0.1, 0.15) is 52.4 Å². The quantitative estimate of drug-likeness (QED) is 0.432. The summed E-state index contributed by atoms with van der Waals surface area (Å²) in [6, 6.07) is 1.08. The summed E-state index contributed by atoms with van der Waals surface area (Å²) < 4.78 is 12.1. The third-order valence-electron chi connectivity index (χ3n) is 2.90. The first-order chi connectivity index (χ1) is 8.18. The molecule has 0 unspecified atom stereocenters. The van der Waals surface area contributed by atoms with Crippen molar-refractivity contribution in [3.05, 3.63) is 0 Å². The molecule has 0 aliphatic carbocycles. The predicted molar refractivity (Wildman–Crippen MR) is 76.4 cm³/mol. The monoisotopic (exact) mass is 261 g/mol. The third-order valence-corrected chi connectivity index (χ3v) is 5.79. The summed E-state index contributed by atoms with van der Waals surface area (Å²) in [5, 5.41) is 0. The summed E-state index contributed by atoms with van der Waals surface area (Å²) in [6.45, 7) is 9.06. The summed E-state index contributed by atoms with van der Waals surface area (Å²) in [7, 11) is -1.92. The van der Waals surface area contributed by atoms with Gasteiger partial charge in [0.25, 0.3) is 0 Å². The van der Waals surface area contributed by atoms with E-state index in [0.29, 0.717) is 0 Å². The van der Waals surface area contributed by atoms with Crippen molar-refractivity contribution < 1.29 is 8.85 Å². The topological polar surface area (TPSA) is 44.5 Å². The maximum atomic E-state index is 6.04. The van der Waals surface area contributed by atoms with Gasteiger partial charge < -0.3 is 14.6 Å². The molecule has 3 nitrogen and oxygen atoms in total. The summed E-state index contributed by atoms with van der Waals surface area (Å²) in [5.74, 6) is 0. The van der Waals surface area contributed by atoms with Crippen LogP contribution in [-0.4, -0.2) is 28.3 Å². The second kappa shape index (κ2) is 11.2. The van der Waals surface area contributed by atoms with E-state index in [9.17, 15) is 0 Å². The van der Waals surface area contributed by atoms with Crippen LogP contribution in [0.2, 0.25) is 12.6 Å². The van der Waals surface area contributed by atoms with Crippen molar-refractivity contribution in [1.82, 2.24) is 0 Å². The van der Waals surface area contributed by atoms with Gasteiger partial charge in [-0.05, 0) is 38.4 Å². The summed E-state index contributed by atoms with van der Waals surface area (Å²) in [6.07, 6.45) is 6.85. The standard InChI is InChI=1S/C13H31NO2Si/c1-4-6-11-15-17(3,13-9-8-10-14)16-12-7-5-2/h4-14H2,1-3H3. The van der Waals surface area contributed by atoms with E-state index in [0.717, 1.165) is 51.5 Å². The molecule has 0 fully saturated rings. The fraction of sp³-hybridized carbons (Fsp3) is 1.00. The molecule has 0 aliphatic rings. The normalized spacial score (nSPS) is 12.0. The van der Waals surface area contributed by atoms with E-state index in [1.165, 1.54) is 12.8 Å². The van der Waals surface area contributed by atoms with E-state index >= 15 is 0 Å². The first-order valence-corrected chi connectivity index (χ1v) is 9.69. The van der Waals surface area contributed by atoms with Crippen molar-refractivity contribution in [2.24, 2.45) is 5.73 Å². The molecule has 0 aliphatic heterocycles. The highest BCUT2D eigenvalue weighted by Crippen LogP contribution is 2.18. The molecule has 0 atom stereocenters. The molecule has 17 heavy (non-hydrogen) atoms. The van der Waals surface area contributed by atoms with Gasteiger partial charge in [-0.3, -0.25) is 0 Å². The van der Waals surface area contributed by atoms with Crippen LogP contribution in [0, 0.1) is 0 Å². The molecule has 4 heteroatoms. The van der Waals surface area contributed by atoms with Crippen LogP contribution in [-0.2, 0) is 8.85 Å². The zero-order chi connectivity index (χ0) is 13.0. The van der Waals surface area contributed by atoms with Gasteiger partial charge in [-0.1, -0.05) is 33.1 Å². The van der Waals surface area contributed by atoms with Crippen LogP contribution < -0.4 is 5.73 Å². The van der Waals surface area contributed by atoms with Crippen LogP contribution >= 0.6 is 0 Å². The van der Waals surface area contributed by atoms with Gasteiger partial charge >= 0.3 is 8.56 Å². The Morgan fingerprint density at radius 2 is 1.41 bits per heavy atom. The zero-order valence-electron chi connectivity index (χ0n) is 12.0. The average molecular weight is 261 g/mol. The van der Waals surface area contributed by atoms with Crippen LogP contribution in [0.15, 0.2) is 0 Å². The van der Waals surface area contributed by atoms with E-state index in [-0.39, 0.29) is 0 Å². The molecule has 0 saturated carbocycles. The Labute approximate surface area is 108 Å². The molecule has 0 rings (SSSR count). The third kappa shape index (κ3) is 9.77. The summed E-state index contributed by atoms with van der Waals surface area (Å²) in [4.78, 5) is 0. The first kappa shape index (κ1) is 17.1. The van der Waals surface area contributed by atoms with E-state index in [1.807, 2.05) is 0 Å². The molecule has 0 amide bonds. The molecule has 0 aromatic heterocycles. The molecular weight excluding hydrogens is 230 g/mol. The fourth-order valence-corrected chi connectivity index (χ4v) is 4.06. The molecular formula is C13H31NO2Si. The van der Waals surface area contributed by atoms with E-state index < -0.39 is 8.56 Å². The van der Waals surface area contributed by atoms with E-state index in [2.05, 4.69) is 20.4 Å². The molecule has 0 saturated heterocycles. The largest absolute Gasteiger partial charge is 0.394 e. The lowest BCUT2D eigenvalue weighted by Crippen LogP contribution is -2.39. The maximum Gasteiger partial charge on any atom is 0.334 e. The van der Waals surface area contributed by atoms with Gasteiger partial charge in [0.2, 0.25) is 0 Å². The number of unbranched alkanes of at least 4 members (excludes halogenated alkanes) is 3. The number of rotatable bonds is 12. The Morgan fingerprint density at radius 3 is 1.82 bits per heavy atom. The molecule has 0 radical (unpaired) electrons. The molecule has 0 heterocycles. The summed E-state index contributed by atoms with van der Waals surface area (Å²) >= 11 is 0. The van der Waals surface area contributed by atoms with E-state index in [1.54, 1.807) is 0 Å². The Hall–Kier alpha value is 0.0969. The zero-order valence-corrected chi connectivity index (χ0v) is 13.0. The van der Waals surface area contributed by atoms with Gasteiger partial charge in [0.05, 0.1) is 0 Å². The molecule has 0 aromatic carbocycles. The molecule has 0 aromatic rings. The highest BCUT2D eigenvalue weighted by Gasteiger charge is 2.30. The van der Waals surface area contributed by atoms with Crippen LogP contribution in [0.3, 0.4) is 0 Å². The van der Waals surface area contributed by atoms with Crippen molar-refractivity contribution in [3.8, 4) is 0 Å². The average Bonchev–Trinajstić information content (AvgIpc) is 2.30.